The van der Waals surface area contributed by atoms with Crippen LogP contribution in [-0.4, -0.2) is 20.8 Å². The van der Waals surface area contributed by atoms with E-state index in [0.29, 0.717) is 28.0 Å². The molecule has 0 atom stereocenters. The zero-order chi connectivity index (χ0) is 19.4. The van der Waals surface area contributed by atoms with Crippen LogP contribution in [0.4, 0.5) is 22.9 Å². The third-order valence-corrected chi connectivity index (χ3v) is 3.68. The van der Waals surface area contributed by atoms with Crippen LogP contribution in [0.15, 0.2) is 55.4 Å². The molecular formula is C19H13N5O3. The Bertz CT molecular complexity index is 1120. The highest BCUT2D eigenvalue weighted by Gasteiger charge is 2.19. The second-order valence-corrected chi connectivity index (χ2v) is 5.41. The summed E-state index contributed by atoms with van der Waals surface area (Å²) < 4.78 is 0. The Balaban J connectivity index is 2.10. The first-order valence-electron chi connectivity index (χ1n) is 7.72. The molecule has 1 aromatic heterocycles. The van der Waals surface area contributed by atoms with Crippen LogP contribution in [-0.2, 0) is 4.79 Å². The quantitative estimate of drug-likeness (QED) is 0.313. The Hall–Kier alpha value is -4.25. The molecule has 0 unspecified atom stereocenters. The number of fused-ring (bicyclic) bond motifs is 1. The summed E-state index contributed by atoms with van der Waals surface area (Å²) in [4.78, 5) is 30.7. The van der Waals surface area contributed by atoms with Crippen molar-refractivity contribution in [3.8, 4) is 12.3 Å². The van der Waals surface area contributed by atoms with Crippen LogP contribution in [0.2, 0.25) is 0 Å². The number of terminal acetylenes is 1. The molecular weight excluding hydrogens is 346 g/mol. The molecule has 0 saturated heterocycles. The van der Waals surface area contributed by atoms with Crippen LogP contribution in [0.5, 0.6) is 0 Å². The number of aromatic nitrogens is 2. The Morgan fingerprint density at radius 2 is 2.11 bits per heavy atom. The molecule has 8 nitrogen and oxygen atoms in total. The smallest absolute Gasteiger partial charge is 0.293 e. The molecule has 3 rings (SSSR count). The number of benzene rings is 2. The van der Waals surface area contributed by atoms with Crippen LogP contribution in [0.3, 0.4) is 0 Å². The second kappa shape index (κ2) is 7.33. The van der Waals surface area contributed by atoms with Gasteiger partial charge < -0.3 is 10.6 Å². The molecule has 0 spiro atoms. The van der Waals surface area contributed by atoms with Gasteiger partial charge in [-0.2, -0.15) is 0 Å². The normalized spacial score (nSPS) is 10.0. The third kappa shape index (κ3) is 3.72. The van der Waals surface area contributed by atoms with Crippen molar-refractivity contribution in [3.63, 3.8) is 0 Å². The highest BCUT2D eigenvalue weighted by Crippen LogP contribution is 2.33. The molecule has 2 N–H and O–H groups in total. The molecule has 0 fully saturated rings. The van der Waals surface area contributed by atoms with Crippen LogP contribution in [0, 0.1) is 22.5 Å². The highest BCUT2D eigenvalue weighted by molar-refractivity contribution is 6.03. The van der Waals surface area contributed by atoms with E-state index in [2.05, 4.69) is 33.1 Å². The number of nitrogens with zero attached hydrogens (tertiary/aromatic N) is 3. The Labute approximate surface area is 154 Å². The average molecular weight is 359 g/mol. The number of hydrogen-bond donors (Lipinski definition) is 2. The lowest BCUT2D eigenvalue weighted by Gasteiger charge is -2.10. The Morgan fingerprint density at radius 3 is 2.81 bits per heavy atom. The predicted molar refractivity (Wildman–Crippen MR) is 103 cm³/mol. The summed E-state index contributed by atoms with van der Waals surface area (Å²) in [7, 11) is 0. The van der Waals surface area contributed by atoms with E-state index in [-0.39, 0.29) is 11.4 Å². The van der Waals surface area contributed by atoms with Gasteiger partial charge >= 0.3 is 0 Å². The van der Waals surface area contributed by atoms with Gasteiger partial charge in [-0.25, -0.2) is 9.97 Å². The number of amides is 1. The molecule has 0 aliphatic heterocycles. The summed E-state index contributed by atoms with van der Waals surface area (Å²) in [6.45, 7) is 3.34. The first-order valence-corrected chi connectivity index (χ1v) is 7.72. The molecule has 0 saturated carbocycles. The first kappa shape index (κ1) is 17.6. The maximum Gasteiger partial charge on any atom is 0.293 e. The van der Waals surface area contributed by atoms with Gasteiger partial charge in [-0.15, -0.1) is 6.42 Å². The van der Waals surface area contributed by atoms with E-state index in [1.54, 1.807) is 24.3 Å². The highest BCUT2D eigenvalue weighted by atomic mass is 16.6. The SMILES string of the molecule is C#Cc1cccc(Nc2ncnc3cc(NC(=O)C=C)c([N+](=O)[O-])cc23)c1. The number of anilines is 3. The second-order valence-electron chi connectivity index (χ2n) is 5.41. The van der Waals surface area contributed by atoms with Crippen LogP contribution >= 0.6 is 0 Å². The van der Waals surface area contributed by atoms with Gasteiger partial charge in [-0.1, -0.05) is 18.6 Å². The van der Waals surface area contributed by atoms with Gasteiger partial charge in [0.2, 0.25) is 5.91 Å². The molecule has 0 aliphatic carbocycles. The van der Waals surface area contributed by atoms with Crippen molar-refractivity contribution < 1.29 is 9.72 Å². The summed E-state index contributed by atoms with van der Waals surface area (Å²) in [5, 5.41) is 17.4. The zero-order valence-corrected chi connectivity index (χ0v) is 14.0. The van der Waals surface area contributed by atoms with E-state index in [0.717, 1.165) is 6.08 Å². The van der Waals surface area contributed by atoms with Crippen molar-refractivity contribution in [2.24, 2.45) is 0 Å². The molecule has 0 aliphatic rings. The van der Waals surface area contributed by atoms with Gasteiger partial charge in [0, 0.05) is 22.7 Å². The summed E-state index contributed by atoms with van der Waals surface area (Å²) in [6, 6.07) is 9.83. The number of carbonyl (C=O) groups excluding carboxylic acids is 1. The summed E-state index contributed by atoms with van der Waals surface area (Å²) in [6.07, 6.45) is 7.75. The van der Waals surface area contributed by atoms with E-state index in [1.165, 1.54) is 18.5 Å². The number of rotatable bonds is 5. The monoisotopic (exact) mass is 359 g/mol. The summed E-state index contributed by atoms with van der Waals surface area (Å²) in [5.41, 5.74) is 1.52. The molecule has 8 heteroatoms. The average Bonchev–Trinajstić information content (AvgIpc) is 2.67. The fourth-order valence-electron chi connectivity index (χ4n) is 2.45. The minimum atomic E-state index is -0.589. The number of hydrogen-bond acceptors (Lipinski definition) is 6. The molecule has 2 aromatic carbocycles. The van der Waals surface area contributed by atoms with E-state index in [4.69, 9.17) is 6.42 Å². The van der Waals surface area contributed by atoms with Crippen LogP contribution in [0.1, 0.15) is 5.56 Å². The number of nitro groups is 1. The van der Waals surface area contributed by atoms with Gasteiger partial charge in [0.1, 0.15) is 17.8 Å². The lowest BCUT2D eigenvalue weighted by molar-refractivity contribution is -0.383. The zero-order valence-electron chi connectivity index (χ0n) is 14.0. The molecule has 3 aromatic rings. The predicted octanol–water partition coefficient (Wildman–Crippen LogP) is 3.39. The van der Waals surface area contributed by atoms with E-state index >= 15 is 0 Å². The van der Waals surface area contributed by atoms with Gasteiger partial charge in [-0.3, -0.25) is 14.9 Å². The fraction of sp³-hybridized carbons (Fsp3) is 0. The molecule has 0 bridgehead atoms. The van der Waals surface area contributed by atoms with Crippen molar-refractivity contribution >= 4 is 39.7 Å². The van der Waals surface area contributed by atoms with Crippen LogP contribution in [0.25, 0.3) is 10.9 Å². The maximum absolute atomic E-state index is 11.5. The van der Waals surface area contributed by atoms with Gasteiger partial charge in [0.25, 0.3) is 5.69 Å². The van der Waals surface area contributed by atoms with Crippen molar-refractivity contribution in [2.75, 3.05) is 10.6 Å². The topological polar surface area (TPSA) is 110 Å². The molecule has 132 valence electrons. The third-order valence-electron chi connectivity index (χ3n) is 3.68. The van der Waals surface area contributed by atoms with Crippen molar-refractivity contribution in [1.82, 2.24) is 9.97 Å². The fourth-order valence-corrected chi connectivity index (χ4v) is 2.45. The van der Waals surface area contributed by atoms with Gasteiger partial charge in [-0.05, 0) is 30.3 Å². The number of nitrogens with one attached hydrogen (secondary N) is 2. The lowest BCUT2D eigenvalue weighted by atomic mass is 10.1. The van der Waals surface area contributed by atoms with Crippen LogP contribution < -0.4 is 10.6 Å². The molecule has 27 heavy (non-hydrogen) atoms. The molecule has 1 heterocycles. The van der Waals surface area contributed by atoms with E-state index in [1.807, 2.05) is 0 Å². The number of carbonyl (C=O) groups is 1. The van der Waals surface area contributed by atoms with E-state index in [9.17, 15) is 14.9 Å². The van der Waals surface area contributed by atoms with Gasteiger partial charge in [0.05, 0.1) is 10.4 Å². The Morgan fingerprint density at radius 1 is 1.30 bits per heavy atom. The summed E-state index contributed by atoms with van der Waals surface area (Å²) >= 11 is 0. The minimum Gasteiger partial charge on any atom is -0.340 e. The largest absolute Gasteiger partial charge is 0.340 e. The molecule has 1 amide bonds. The standard InChI is InChI=1S/C19H13N5O3/c1-3-12-6-5-7-13(8-12)22-19-14-9-17(24(26)27)16(23-18(25)4-2)10-15(14)20-11-21-19/h1,4-11H,2H2,(H,23,25)(H,20,21,22). The van der Waals surface area contributed by atoms with Crippen molar-refractivity contribution in [2.45, 2.75) is 0 Å². The Kier molecular flexibility index (Phi) is 4.77. The first-order chi connectivity index (χ1) is 13.0. The van der Waals surface area contributed by atoms with Crippen molar-refractivity contribution in [1.29, 1.82) is 0 Å². The minimum absolute atomic E-state index is 0.0244. The number of nitro benzene ring substituents is 1. The summed E-state index contributed by atoms with van der Waals surface area (Å²) in [5.74, 6) is 2.35. The molecule has 0 radical (unpaired) electrons. The van der Waals surface area contributed by atoms with Gasteiger partial charge in [0.15, 0.2) is 0 Å². The van der Waals surface area contributed by atoms with E-state index < -0.39 is 10.8 Å². The lowest BCUT2D eigenvalue weighted by Crippen LogP contribution is -2.09. The maximum atomic E-state index is 11.5. The van der Waals surface area contributed by atoms with Crippen molar-refractivity contribution in [3.05, 3.63) is 71.1 Å².